The van der Waals surface area contributed by atoms with Gasteiger partial charge < -0.3 is 10.0 Å². The molecule has 0 radical (unpaired) electrons. The van der Waals surface area contributed by atoms with E-state index in [0.717, 1.165) is 37.9 Å². The van der Waals surface area contributed by atoms with Gasteiger partial charge in [0, 0.05) is 25.0 Å². The normalized spacial score (nSPS) is 19.7. The van der Waals surface area contributed by atoms with Gasteiger partial charge in [0.05, 0.1) is 5.60 Å². The van der Waals surface area contributed by atoms with Gasteiger partial charge in [-0.25, -0.2) is 0 Å². The quantitative estimate of drug-likeness (QED) is 0.930. The molecule has 4 heteroatoms. The van der Waals surface area contributed by atoms with Crippen molar-refractivity contribution >= 4 is 17.5 Å². The Morgan fingerprint density at radius 1 is 1.35 bits per heavy atom. The predicted molar refractivity (Wildman–Crippen MR) is 80.6 cm³/mol. The zero-order chi connectivity index (χ0) is 14.8. The van der Waals surface area contributed by atoms with Crippen molar-refractivity contribution in [1.82, 2.24) is 4.90 Å². The molecule has 1 aliphatic rings. The average molecular weight is 296 g/mol. The molecule has 1 N–H and O–H groups in total. The number of hydrogen-bond acceptors (Lipinski definition) is 2. The minimum absolute atomic E-state index is 0.146. The van der Waals surface area contributed by atoms with Crippen LogP contribution in [0, 0.1) is 5.92 Å². The highest BCUT2D eigenvalue weighted by Crippen LogP contribution is 2.33. The maximum absolute atomic E-state index is 11.3. The molecule has 1 atom stereocenters. The highest BCUT2D eigenvalue weighted by Gasteiger charge is 2.30. The summed E-state index contributed by atoms with van der Waals surface area (Å²) in [7, 11) is 0. The van der Waals surface area contributed by atoms with E-state index in [4.69, 9.17) is 11.6 Å². The first kappa shape index (κ1) is 15.3. The Morgan fingerprint density at radius 3 is 2.40 bits per heavy atom. The molecule has 1 aliphatic heterocycles. The maximum atomic E-state index is 11.3. The van der Waals surface area contributed by atoms with E-state index >= 15 is 0 Å². The summed E-state index contributed by atoms with van der Waals surface area (Å²) in [5, 5.41) is 11.4. The standard InChI is InChI=1S/C16H22ClNO2/c1-12(19)18-9-7-13(8-10-18)11-16(2,20)14-3-5-15(17)6-4-14/h3-6,13,20H,7-11H2,1-2H3/t16-/m1/s1. The first-order chi connectivity index (χ1) is 9.38. The van der Waals surface area contributed by atoms with Gasteiger partial charge in [0.25, 0.3) is 0 Å². The van der Waals surface area contributed by atoms with E-state index in [1.807, 2.05) is 36.1 Å². The molecular weight excluding hydrogens is 274 g/mol. The molecule has 1 saturated heterocycles. The van der Waals surface area contributed by atoms with Crippen molar-refractivity contribution in [3.63, 3.8) is 0 Å². The summed E-state index contributed by atoms with van der Waals surface area (Å²) in [5.41, 5.74) is 0.0593. The highest BCUT2D eigenvalue weighted by atomic mass is 35.5. The summed E-state index contributed by atoms with van der Waals surface area (Å²) < 4.78 is 0. The van der Waals surface area contributed by atoms with Crippen LogP contribution in [0.25, 0.3) is 0 Å². The van der Waals surface area contributed by atoms with Gasteiger partial charge in [-0.15, -0.1) is 0 Å². The lowest BCUT2D eigenvalue weighted by Crippen LogP contribution is -2.38. The van der Waals surface area contributed by atoms with E-state index in [2.05, 4.69) is 0 Å². The van der Waals surface area contributed by atoms with Crippen molar-refractivity contribution in [2.45, 2.75) is 38.7 Å². The molecule has 1 heterocycles. The van der Waals surface area contributed by atoms with Crippen LogP contribution in [0.5, 0.6) is 0 Å². The largest absolute Gasteiger partial charge is 0.385 e. The summed E-state index contributed by atoms with van der Waals surface area (Å²) in [5.74, 6) is 0.601. The molecule has 1 aromatic rings. The summed E-state index contributed by atoms with van der Waals surface area (Å²) >= 11 is 5.88. The van der Waals surface area contributed by atoms with Crippen molar-refractivity contribution in [2.24, 2.45) is 5.92 Å². The summed E-state index contributed by atoms with van der Waals surface area (Å²) in [6.45, 7) is 5.07. The van der Waals surface area contributed by atoms with Crippen LogP contribution in [0.4, 0.5) is 0 Å². The molecule has 0 saturated carbocycles. The minimum atomic E-state index is -0.840. The number of halogens is 1. The van der Waals surface area contributed by atoms with Gasteiger partial charge >= 0.3 is 0 Å². The smallest absolute Gasteiger partial charge is 0.219 e. The van der Waals surface area contributed by atoms with Gasteiger partial charge in [-0.3, -0.25) is 4.79 Å². The number of nitrogens with zero attached hydrogens (tertiary/aromatic N) is 1. The molecule has 3 nitrogen and oxygen atoms in total. The number of piperidine rings is 1. The molecule has 0 aromatic heterocycles. The number of carbonyl (C=O) groups excluding carboxylic acids is 1. The second-order valence-electron chi connectivity index (χ2n) is 5.93. The number of likely N-dealkylation sites (tertiary alicyclic amines) is 1. The van der Waals surface area contributed by atoms with E-state index in [9.17, 15) is 9.90 Å². The third-order valence-corrected chi connectivity index (χ3v) is 4.46. The van der Waals surface area contributed by atoms with Gasteiger partial charge in [0.1, 0.15) is 0 Å². The molecule has 110 valence electrons. The van der Waals surface area contributed by atoms with Crippen LogP contribution in [-0.4, -0.2) is 29.0 Å². The SMILES string of the molecule is CC(=O)N1CCC(C[C@@](C)(O)c2ccc(Cl)cc2)CC1. The van der Waals surface area contributed by atoms with Crippen molar-refractivity contribution < 1.29 is 9.90 Å². The van der Waals surface area contributed by atoms with Crippen LogP contribution >= 0.6 is 11.6 Å². The molecule has 1 amide bonds. The van der Waals surface area contributed by atoms with Gasteiger partial charge in [-0.05, 0) is 49.8 Å². The lowest BCUT2D eigenvalue weighted by atomic mass is 9.82. The summed E-state index contributed by atoms with van der Waals surface area (Å²) in [6, 6.07) is 7.38. The lowest BCUT2D eigenvalue weighted by molar-refractivity contribution is -0.130. The number of amides is 1. The maximum Gasteiger partial charge on any atom is 0.219 e. The van der Waals surface area contributed by atoms with Gasteiger partial charge in [-0.2, -0.15) is 0 Å². The van der Waals surface area contributed by atoms with E-state index in [1.165, 1.54) is 0 Å². The van der Waals surface area contributed by atoms with Crippen LogP contribution in [0.2, 0.25) is 5.02 Å². The van der Waals surface area contributed by atoms with Gasteiger partial charge in [-0.1, -0.05) is 23.7 Å². The fourth-order valence-corrected chi connectivity index (χ4v) is 3.07. The van der Waals surface area contributed by atoms with Crippen molar-refractivity contribution in [1.29, 1.82) is 0 Å². The lowest BCUT2D eigenvalue weighted by Gasteiger charge is -2.35. The van der Waals surface area contributed by atoms with E-state index in [1.54, 1.807) is 6.92 Å². The zero-order valence-corrected chi connectivity index (χ0v) is 12.9. The topological polar surface area (TPSA) is 40.5 Å². The Bertz CT molecular complexity index is 462. The molecular formula is C16H22ClNO2. The Labute approximate surface area is 125 Å². The highest BCUT2D eigenvalue weighted by molar-refractivity contribution is 6.30. The van der Waals surface area contributed by atoms with E-state index < -0.39 is 5.60 Å². The molecule has 0 bridgehead atoms. The number of hydrogen-bond donors (Lipinski definition) is 1. The molecule has 0 spiro atoms. The fraction of sp³-hybridized carbons (Fsp3) is 0.562. The molecule has 0 unspecified atom stereocenters. The third-order valence-electron chi connectivity index (χ3n) is 4.21. The fourth-order valence-electron chi connectivity index (χ4n) is 2.94. The number of rotatable bonds is 3. The van der Waals surface area contributed by atoms with Gasteiger partial charge in [0.15, 0.2) is 0 Å². The first-order valence-electron chi connectivity index (χ1n) is 7.12. The molecule has 2 rings (SSSR count). The van der Waals surface area contributed by atoms with Crippen molar-refractivity contribution in [2.75, 3.05) is 13.1 Å². The Hall–Kier alpha value is -1.06. The molecule has 20 heavy (non-hydrogen) atoms. The monoisotopic (exact) mass is 295 g/mol. The molecule has 1 fully saturated rings. The Morgan fingerprint density at radius 2 is 1.90 bits per heavy atom. The predicted octanol–water partition coefficient (Wildman–Crippen LogP) is 3.20. The van der Waals surface area contributed by atoms with Crippen LogP contribution < -0.4 is 0 Å². The minimum Gasteiger partial charge on any atom is -0.385 e. The average Bonchev–Trinajstić information content (AvgIpc) is 2.39. The number of benzene rings is 1. The second-order valence-corrected chi connectivity index (χ2v) is 6.37. The zero-order valence-electron chi connectivity index (χ0n) is 12.1. The van der Waals surface area contributed by atoms with Crippen LogP contribution in [0.3, 0.4) is 0 Å². The first-order valence-corrected chi connectivity index (χ1v) is 7.50. The van der Waals surface area contributed by atoms with E-state index in [0.29, 0.717) is 10.9 Å². The molecule has 1 aromatic carbocycles. The summed E-state index contributed by atoms with van der Waals surface area (Å²) in [4.78, 5) is 13.2. The molecule has 0 aliphatic carbocycles. The second kappa shape index (κ2) is 6.15. The van der Waals surface area contributed by atoms with Crippen LogP contribution in [-0.2, 0) is 10.4 Å². The van der Waals surface area contributed by atoms with Crippen LogP contribution in [0.15, 0.2) is 24.3 Å². The number of carbonyl (C=O) groups is 1. The van der Waals surface area contributed by atoms with Crippen molar-refractivity contribution in [3.8, 4) is 0 Å². The Kier molecular flexibility index (Phi) is 4.71. The van der Waals surface area contributed by atoms with Crippen molar-refractivity contribution in [3.05, 3.63) is 34.9 Å². The van der Waals surface area contributed by atoms with Gasteiger partial charge in [0.2, 0.25) is 5.91 Å². The Balaban J connectivity index is 1.95. The van der Waals surface area contributed by atoms with E-state index in [-0.39, 0.29) is 5.91 Å². The van der Waals surface area contributed by atoms with Crippen LogP contribution in [0.1, 0.15) is 38.7 Å². The third kappa shape index (κ3) is 3.74. The number of aliphatic hydroxyl groups is 1. The summed E-state index contributed by atoms with van der Waals surface area (Å²) in [6.07, 6.45) is 2.65.